The lowest BCUT2D eigenvalue weighted by Crippen LogP contribution is -2.17. The number of aromatic amines is 2. The Balaban J connectivity index is 1.61. The molecule has 4 rings (SSSR count). The van der Waals surface area contributed by atoms with Gasteiger partial charge in [0.1, 0.15) is 0 Å². The zero-order valence-electron chi connectivity index (χ0n) is 16.3. The van der Waals surface area contributed by atoms with E-state index in [9.17, 15) is 4.79 Å². The first-order valence-electron chi connectivity index (χ1n) is 9.83. The molecule has 0 fully saturated rings. The average Bonchev–Trinajstić information content (AvgIpc) is 3.04. The molecule has 4 heteroatoms. The highest BCUT2D eigenvalue weighted by Crippen LogP contribution is 2.37. The fourth-order valence-corrected chi connectivity index (χ4v) is 4.22. The Bertz CT molecular complexity index is 1040. The Kier molecular flexibility index (Phi) is 5.27. The maximum absolute atomic E-state index is 12.4. The molecule has 0 bridgehead atoms. The molecule has 1 aromatic heterocycles. The highest BCUT2D eigenvalue weighted by atomic mass is 35.5. The van der Waals surface area contributed by atoms with Crippen molar-refractivity contribution in [1.82, 2.24) is 10.2 Å². The van der Waals surface area contributed by atoms with E-state index in [2.05, 4.69) is 54.4 Å². The van der Waals surface area contributed by atoms with Crippen LogP contribution in [0.5, 0.6) is 0 Å². The van der Waals surface area contributed by atoms with Crippen LogP contribution < -0.4 is 5.56 Å². The molecule has 1 heterocycles. The van der Waals surface area contributed by atoms with Gasteiger partial charge in [-0.3, -0.25) is 15.0 Å². The van der Waals surface area contributed by atoms with E-state index in [1.807, 2.05) is 24.3 Å². The number of allylic oxidation sites excluding steroid dienone is 1. The zero-order chi connectivity index (χ0) is 19.7. The van der Waals surface area contributed by atoms with Crippen LogP contribution in [0.2, 0.25) is 5.02 Å². The van der Waals surface area contributed by atoms with Crippen molar-refractivity contribution in [3.8, 4) is 0 Å². The van der Waals surface area contributed by atoms with Gasteiger partial charge in [0.2, 0.25) is 0 Å². The molecule has 0 spiro atoms. The molecular formula is C24H25ClN2O. The van der Waals surface area contributed by atoms with Crippen molar-refractivity contribution >= 4 is 17.7 Å². The van der Waals surface area contributed by atoms with Gasteiger partial charge in [0, 0.05) is 10.9 Å². The SMILES string of the molecule is CC(C)Cc1ccc(CC2=Cc3[nH][nH]c(=O)c3C(c3ccc(Cl)cc3)C2)cc1. The fourth-order valence-electron chi connectivity index (χ4n) is 4.10. The van der Waals surface area contributed by atoms with Crippen molar-refractivity contribution in [1.29, 1.82) is 0 Å². The first kappa shape index (κ1) is 18.8. The quantitative estimate of drug-likeness (QED) is 0.573. The van der Waals surface area contributed by atoms with Gasteiger partial charge in [0.15, 0.2) is 0 Å². The molecule has 3 nitrogen and oxygen atoms in total. The number of fused-ring (bicyclic) bond motifs is 1. The minimum Gasteiger partial charge on any atom is -0.298 e. The van der Waals surface area contributed by atoms with Gasteiger partial charge in [0.25, 0.3) is 5.56 Å². The topological polar surface area (TPSA) is 48.6 Å². The standard InChI is InChI=1S/C24H25ClN2O/c1-15(2)11-16-3-5-17(6-4-16)12-18-13-21(19-7-9-20(25)10-8-19)23-22(14-18)26-27-24(23)28/h3-10,14-15,21H,11-13H2,1-2H3,(H2,26,27,28). The molecule has 0 saturated heterocycles. The molecule has 1 aliphatic rings. The highest BCUT2D eigenvalue weighted by Gasteiger charge is 2.27. The molecule has 2 aromatic carbocycles. The molecule has 144 valence electrons. The lowest BCUT2D eigenvalue weighted by Gasteiger charge is -2.23. The van der Waals surface area contributed by atoms with E-state index < -0.39 is 0 Å². The monoisotopic (exact) mass is 392 g/mol. The molecule has 3 aromatic rings. The Labute approximate surface area is 170 Å². The third-order valence-electron chi connectivity index (χ3n) is 5.38. The Morgan fingerprint density at radius 2 is 1.68 bits per heavy atom. The van der Waals surface area contributed by atoms with Crippen molar-refractivity contribution in [3.63, 3.8) is 0 Å². The van der Waals surface area contributed by atoms with Gasteiger partial charge >= 0.3 is 0 Å². The van der Waals surface area contributed by atoms with E-state index in [4.69, 9.17) is 11.6 Å². The lowest BCUT2D eigenvalue weighted by molar-refractivity contribution is 0.647. The molecule has 1 aliphatic carbocycles. The second-order valence-corrected chi connectivity index (χ2v) is 8.55. The van der Waals surface area contributed by atoms with Crippen LogP contribution in [0.4, 0.5) is 0 Å². The van der Waals surface area contributed by atoms with Crippen molar-refractivity contribution in [2.45, 2.75) is 39.0 Å². The first-order chi connectivity index (χ1) is 13.5. The average molecular weight is 393 g/mol. The largest absolute Gasteiger partial charge is 0.298 e. The van der Waals surface area contributed by atoms with E-state index in [1.54, 1.807) is 0 Å². The fraction of sp³-hybridized carbons (Fsp3) is 0.292. The summed E-state index contributed by atoms with van der Waals surface area (Å²) in [5.41, 5.74) is 6.79. The van der Waals surface area contributed by atoms with Crippen LogP contribution >= 0.6 is 11.6 Å². The maximum Gasteiger partial charge on any atom is 0.268 e. The molecule has 2 N–H and O–H groups in total. The predicted molar refractivity (Wildman–Crippen MR) is 116 cm³/mol. The van der Waals surface area contributed by atoms with Crippen LogP contribution in [-0.2, 0) is 12.8 Å². The maximum atomic E-state index is 12.4. The second-order valence-electron chi connectivity index (χ2n) is 8.11. The van der Waals surface area contributed by atoms with Crippen molar-refractivity contribution < 1.29 is 0 Å². The molecular weight excluding hydrogens is 368 g/mol. The first-order valence-corrected chi connectivity index (χ1v) is 10.2. The van der Waals surface area contributed by atoms with E-state index in [-0.39, 0.29) is 11.5 Å². The van der Waals surface area contributed by atoms with Gasteiger partial charge in [-0.05, 0) is 60.1 Å². The number of hydrogen-bond acceptors (Lipinski definition) is 1. The minimum atomic E-state index is -0.0386. The third kappa shape index (κ3) is 4.00. The van der Waals surface area contributed by atoms with Gasteiger partial charge in [-0.25, -0.2) is 0 Å². The number of rotatable bonds is 5. The Morgan fingerprint density at radius 3 is 2.36 bits per heavy atom. The Morgan fingerprint density at radius 1 is 1.00 bits per heavy atom. The summed E-state index contributed by atoms with van der Waals surface area (Å²) in [4.78, 5) is 12.4. The van der Waals surface area contributed by atoms with Crippen molar-refractivity contribution in [3.05, 3.63) is 97.4 Å². The zero-order valence-corrected chi connectivity index (χ0v) is 17.0. The summed E-state index contributed by atoms with van der Waals surface area (Å²) < 4.78 is 0. The molecule has 28 heavy (non-hydrogen) atoms. The van der Waals surface area contributed by atoms with E-state index in [0.717, 1.165) is 36.1 Å². The molecule has 1 unspecified atom stereocenters. The van der Waals surface area contributed by atoms with Gasteiger partial charge in [0.05, 0.1) is 11.3 Å². The number of nitrogens with one attached hydrogen (secondary N) is 2. The summed E-state index contributed by atoms with van der Waals surface area (Å²) in [5.74, 6) is 0.707. The van der Waals surface area contributed by atoms with E-state index in [0.29, 0.717) is 10.9 Å². The summed E-state index contributed by atoms with van der Waals surface area (Å²) in [5, 5.41) is 6.50. The van der Waals surface area contributed by atoms with Crippen molar-refractivity contribution in [2.75, 3.05) is 0 Å². The van der Waals surface area contributed by atoms with Crippen LogP contribution in [0.25, 0.3) is 6.08 Å². The molecule has 0 radical (unpaired) electrons. The molecule has 0 aliphatic heterocycles. The molecule has 0 saturated carbocycles. The lowest BCUT2D eigenvalue weighted by atomic mass is 9.80. The number of benzene rings is 2. The van der Waals surface area contributed by atoms with Crippen LogP contribution in [0.15, 0.2) is 58.9 Å². The summed E-state index contributed by atoms with van der Waals surface area (Å²) in [6, 6.07) is 16.7. The predicted octanol–water partition coefficient (Wildman–Crippen LogP) is 5.72. The highest BCUT2D eigenvalue weighted by molar-refractivity contribution is 6.30. The third-order valence-corrected chi connectivity index (χ3v) is 5.63. The number of aromatic nitrogens is 2. The second kappa shape index (κ2) is 7.84. The van der Waals surface area contributed by atoms with Crippen LogP contribution in [0.1, 0.15) is 54.1 Å². The summed E-state index contributed by atoms with van der Waals surface area (Å²) in [7, 11) is 0. The van der Waals surface area contributed by atoms with Crippen LogP contribution in [0.3, 0.4) is 0 Å². The summed E-state index contributed by atoms with van der Waals surface area (Å²) >= 11 is 6.06. The van der Waals surface area contributed by atoms with Gasteiger partial charge in [-0.15, -0.1) is 0 Å². The summed E-state index contributed by atoms with van der Waals surface area (Å²) in [6.07, 6.45) is 4.96. The van der Waals surface area contributed by atoms with Crippen LogP contribution in [-0.4, -0.2) is 10.2 Å². The van der Waals surface area contributed by atoms with Gasteiger partial charge in [-0.1, -0.05) is 67.4 Å². The molecule has 0 amide bonds. The van der Waals surface area contributed by atoms with Gasteiger partial charge in [-0.2, -0.15) is 0 Å². The molecule has 1 atom stereocenters. The van der Waals surface area contributed by atoms with Gasteiger partial charge < -0.3 is 0 Å². The van der Waals surface area contributed by atoms with Crippen LogP contribution in [0, 0.1) is 5.92 Å². The smallest absolute Gasteiger partial charge is 0.268 e. The normalized spacial score (nSPS) is 16.1. The number of halogens is 1. The number of hydrogen-bond donors (Lipinski definition) is 2. The van der Waals surface area contributed by atoms with Crippen molar-refractivity contribution in [2.24, 2.45) is 5.92 Å². The van der Waals surface area contributed by atoms with E-state index >= 15 is 0 Å². The van der Waals surface area contributed by atoms with E-state index in [1.165, 1.54) is 16.7 Å². The summed E-state index contributed by atoms with van der Waals surface area (Å²) in [6.45, 7) is 4.49. The Hall–Kier alpha value is -2.52. The minimum absolute atomic E-state index is 0.0386. The number of H-pyrrole nitrogens is 2.